The third-order valence-corrected chi connectivity index (χ3v) is 2.39. The standard InChI is InChI=1S/C9H18N2/c1-7(10)6-9(11)8-4-2-3-5-8/h7-8,11H,2-6,10H2,1H3/t7-/m0/s1. The number of nitrogens with one attached hydrogen (secondary N) is 1. The maximum atomic E-state index is 7.74. The SMILES string of the molecule is C[C@H](N)CC(=N)C1CCCC1. The van der Waals surface area contributed by atoms with E-state index >= 15 is 0 Å². The molecule has 0 radical (unpaired) electrons. The van der Waals surface area contributed by atoms with Crippen LogP contribution < -0.4 is 5.73 Å². The van der Waals surface area contributed by atoms with E-state index < -0.39 is 0 Å². The van der Waals surface area contributed by atoms with E-state index in [9.17, 15) is 0 Å². The fourth-order valence-electron chi connectivity index (χ4n) is 1.79. The summed E-state index contributed by atoms with van der Waals surface area (Å²) in [6, 6.07) is 0.170. The van der Waals surface area contributed by atoms with Crippen molar-refractivity contribution in [1.29, 1.82) is 5.41 Å². The highest BCUT2D eigenvalue weighted by atomic mass is 14.6. The van der Waals surface area contributed by atoms with Crippen molar-refractivity contribution < 1.29 is 0 Å². The van der Waals surface area contributed by atoms with Crippen molar-refractivity contribution in [2.45, 2.75) is 45.1 Å². The van der Waals surface area contributed by atoms with Crippen LogP contribution in [0.4, 0.5) is 0 Å². The number of hydrogen-bond donors (Lipinski definition) is 2. The monoisotopic (exact) mass is 154 g/mol. The van der Waals surface area contributed by atoms with Crippen LogP contribution >= 0.6 is 0 Å². The van der Waals surface area contributed by atoms with Crippen molar-refractivity contribution in [3.63, 3.8) is 0 Å². The third-order valence-electron chi connectivity index (χ3n) is 2.39. The van der Waals surface area contributed by atoms with E-state index in [2.05, 4.69) is 0 Å². The van der Waals surface area contributed by atoms with Crippen LogP contribution in [0.3, 0.4) is 0 Å². The first-order valence-electron chi connectivity index (χ1n) is 4.53. The summed E-state index contributed by atoms with van der Waals surface area (Å²) >= 11 is 0. The highest BCUT2D eigenvalue weighted by molar-refractivity contribution is 5.84. The van der Waals surface area contributed by atoms with Crippen LogP contribution in [-0.4, -0.2) is 11.8 Å². The molecule has 3 N–H and O–H groups in total. The van der Waals surface area contributed by atoms with Crippen LogP contribution in [0.2, 0.25) is 0 Å². The molecule has 0 unspecified atom stereocenters. The molecule has 1 aliphatic rings. The van der Waals surface area contributed by atoms with E-state index in [1.165, 1.54) is 25.7 Å². The van der Waals surface area contributed by atoms with Crippen molar-refractivity contribution in [3.05, 3.63) is 0 Å². The second kappa shape index (κ2) is 3.86. The summed E-state index contributed by atoms with van der Waals surface area (Å²) in [6.07, 6.45) is 5.87. The molecule has 64 valence electrons. The average Bonchev–Trinajstić information content (AvgIpc) is 2.35. The van der Waals surface area contributed by atoms with Gasteiger partial charge >= 0.3 is 0 Å². The molecule has 1 saturated carbocycles. The van der Waals surface area contributed by atoms with Crippen LogP contribution in [-0.2, 0) is 0 Å². The Kier molecular flexibility index (Phi) is 3.06. The summed E-state index contributed by atoms with van der Waals surface area (Å²) in [5, 5.41) is 7.74. The van der Waals surface area contributed by atoms with Crippen LogP contribution in [0.1, 0.15) is 39.0 Å². The lowest BCUT2D eigenvalue weighted by molar-refractivity contribution is 0.673. The largest absolute Gasteiger partial charge is 0.328 e. The van der Waals surface area contributed by atoms with Crippen LogP contribution in [0.25, 0.3) is 0 Å². The van der Waals surface area contributed by atoms with Gasteiger partial charge in [-0.05, 0) is 25.7 Å². The highest BCUT2D eigenvalue weighted by Gasteiger charge is 2.19. The predicted molar refractivity (Wildman–Crippen MR) is 48.0 cm³/mol. The Morgan fingerprint density at radius 2 is 2.09 bits per heavy atom. The normalized spacial score (nSPS) is 22.0. The summed E-state index contributed by atoms with van der Waals surface area (Å²) in [4.78, 5) is 0. The molecule has 0 spiro atoms. The van der Waals surface area contributed by atoms with Crippen LogP contribution in [0, 0.1) is 11.3 Å². The fraction of sp³-hybridized carbons (Fsp3) is 0.889. The molecule has 0 aromatic carbocycles. The molecule has 1 aliphatic carbocycles. The third kappa shape index (κ3) is 2.62. The Morgan fingerprint density at radius 1 is 1.55 bits per heavy atom. The van der Waals surface area contributed by atoms with Crippen molar-refractivity contribution >= 4 is 5.71 Å². The Morgan fingerprint density at radius 3 is 2.55 bits per heavy atom. The minimum absolute atomic E-state index is 0.170. The number of hydrogen-bond acceptors (Lipinski definition) is 2. The first-order valence-corrected chi connectivity index (χ1v) is 4.53. The molecule has 0 saturated heterocycles. The Bertz CT molecular complexity index is 134. The predicted octanol–water partition coefficient (Wildman–Crippen LogP) is 1.93. The second-order valence-electron chi connectivity index (χ2n) is 3.69. The van der Waals surface area contributed by atoms with Gasteiger partial charge in [-0.25, -0.2) is 0 Å². The molecule has 0 aromatic rings. The molecule has 11 heavy (non-hydrogen) atoms. The lowest BCUT2D eigenvalue weighted by Gasteiger charge is -2.12. The molecule has 0 amide bonds. The lowest BCUT2D eigenvalue weighted by Crippen LogP contribution is -2.22. The van der Waals surface area contributed by atoms with E-state index in [1.807, 2.05) is 6.92 Å². The summed E-state index contributed by atoms with van der Waals surface area (Å²) < 4.78 is 0. The molecule has 0 aromatic heterocycles. The minimum Gasteiger partial charge on any atom is -0.328 e. The van der Waals surface area contributed by atoms with E-state index in [-0.39, 0.29) is 6.04 Å². The van der Waals surface area contributed by atoms with Crippen molar-refractivity contribution in [2.75, 3.05) is 0 Å². The summed E-state index contributed by atoms with van der Waals surface area (Å²) in [5.41, 5.74) is 6.51. The molecule has 2 heteroatoms. The van der Waals surface area contributed by atoms with Gasteiger partial charge in [-0.2, -0.15) is 0 Å². The van der Waals surface area contributed by atoms with Crippen LogP contribution in [0.5, 0.6) is 0 Å². The summed E-state index contributed by atoms with van der Waals surface area (Å²) in [7, 11) is 0. The van der Waals surface area contributed by atoms with Gasteiger partial charge in [0.1, 0.15) is 0 Å². The van der Waals surface area contributed by atoms with Gasteiger partial charge in [0.05, 0.1) is 0 Å². The lowest BCUT2D eigenvalue weighted by atomic mass is 9.97. The molecular weight excluding hydrogens is 136 g/mol. The van der Waals surface area contributed by atoms with E-state index in [0.717, 1.165) is 12.1 Å². The Labute approximate surface area is 68.7 Å². The second-order valence-corrected chi connectivity index (χ2v) is 3.69. The van der Waals surface area contributed by atoms with Gasteiger partial charge in [-0.1, -0.05) is 12.8 Å². The summed E-state index contributed by atoms with van der Waals surface area (Å²) in [6.45, 7) is 1.98. The molecular formula is C9H18N2. The Balaban J connectivity index is 2.28. The van der Waals surface area contributed by atoms with Gasteiger partial charge in [0.15, 0.2) is 0 Å². The Hall–Kier alpha value is -0.370. The molecule has 1 rings (SSSR count). The van der Waals surface area contributed by atoms with Gasteiger partial charge in [0.2, 0.25) is 0 Å². The van der Waals surface area contributed by atoms with Crippen molar-refractivity contribution in [2.24, 2.45) is 11.7 Å². The zero-order valence-electron chi connectivity index (χ0n) is 7.27. The first-order chi connectivity index (χ1) is 5.20. The molecule has 1 fully saturated rings. The zero-order chi connectivity index (χ0) is 8.27. The van der Waals surface area contributed by atoms with E-state index in [1.54, 1.807) is 0 Å². The van der Waals surface area contributed by atoms with Gasteiger partial charge in [0, 0.05) is 18.2 Å². The van der Waals surface area contributed by atoms with Crippen molar-refractivity contribution in [3.8, 4) is 0 Å². The first kappa shape index (κ1) is 8.72. The highest BCUT2D eigenvalue weighted by Crippen LogP contribution is 2.26. The van der Waals surface area contributed by atoms with Crippen molar-refractivity contribution in [1.82, 2.24) is 0 Å². The number of rotatable bonds is 3. The molecule has 0 heterocycles. The zero-order valence-corrected chi connectivity index (χ0v) is 7.27. The smallest absolute Gasteiger partial charge is 0.0135 e. The van der Waals surface area contributed by atoms with Gasteiger partial charge < -0.3 is 11.1 Å². The minimum atomic E-state index is 0.170. The van der Waals surface area contributed by atoms with E-state index in [4.69, 9.17) is 11.1 Å². The molecule has 0 bridgehead atoms. The number of nitrogens with two attached hydrogens (primary N) is 1. The van der Waals surface area contributed by atoms with Crippen LogP contribution in [0.15, 0.2) is 0 Å². The van der Waals surface area contributed by atoms with Gasteiger partial charge in [-0.3, -0.25) is 0 Å². The molecule has 0 aliphatic heterocycles. The quantitative estimate of drug-likeness (QED) is 0.600. The van der Waals surface area contributed by atoms with Gasteiger partial charge in [0.25, 0.3) is 0 Å². The fourth-order valence-corrected chi connectivity index (χ4v) is 1.79. The molecule has 1 atom stereocenters. The molecule has 2 nitrogen and oxygen atoms in total. The summed E-state index contributed by atoms with van der Waals surface area (Å²) in [5.74, 6) is 0.570. The topological polar surface area (TPSA) is 49.9 Å². The van der Waals surface area contributed by atoms with E-state index in [0.29, 0.717) is 5.92 Å². The van der Waals surface area contributed by atoms with Gasteiger partial charge in [-0.15, -0.1) is 0 Å². The maximum absolute atomic E-state index is 7.74. The average molecular weight is 154 g/mol. The maximum Gasteiger partial charge on any atom is 0.0135 e.